The first-order valence-electron chi connectivity index (χ1n) is 5.99. The molecule has 0 fully saturated rings. The lowest BCUT2D eigenvalue weighted by Gasteiger charge is -2.09. The minimum absolute atomic E-state index is 0.510. The van der Waals surface area contributed by atoms with Gasteiger partial charge in [0.15, 0.2) is 0 Å². The van der Waals surface area contributed by atoms with Crippen molar-refractivity contribution in [2.24, 2.45) is 0 Å². The van der Waals surface area contributed by atoms with E-state index in [4.69, 9.17) is 0 Å². The quantitative estimate of drug-likeness (QED) is 0.898. The molecule has 106 valence electrons. The van der Waals surface area contributed by atoms with Crippen LogP contribution in [0, 0.1) is 0 Å². The fourth-order valence-corrected chi connectivity index (χ4v) is 1.59. The number of hydrogen-bond acceptors (Lipinski definition) is 4. The molecular weight excluding hydrogens is 269 g/mol. The summed E-state index contributed by atoms with van der Waals surface area (Å²) in [5.74, 6) is 1.16. The van der Waals surface area contributed by atoms with Crippen molar-refractivity contribution in [3.8, 4) is 0 Å². The van der Waals surface area contributed by atoms with Crippen molar-refractivity contribution in [1.82, 2.24) is 9.97 Å². The first-order chi connectivity index (χ1) is 9.49. The smallest absolute Gasteiger partial charge is 0.370 e. The number of halogens is 3. The second-order valence-corrected chi connectivity index (χ2v) is 4.02. The number of nitrogens with one attached hydrogen (secondary N) is 2. The zero-order valence-corrected chi connectivity index (χ0v) is 10.7. The second kappa shape index (κ2) is 5.77. The lowest BCUT2D eigenvalue weighted by molar-refractivity contribution is -0.137. The van der Waals surface area contributed by atoms with Crippen LogP contribution in [0.2, 0.25) is 0 Å². The molecule has 0 aliphatic rings. The van der Waals surface area contributed by atoms with Gasteiger partial charge < -0.3 is 10.6 Å². The highest BCUT2D eigenvalue weighted by atomic mass is 19.4. The van der Waals surface area contributed by atoms with E-state index in [2.05, 4.69) is 20.6 Å². The number of benzene rings is 1. The first kappa shape index (κ1) is 14.1. The van der Waals surface area contributed by atoms with Crippen molar-refractivity contribution in [2.45, 2.75) is 13.1 Å². The van der Waals surface area contributed by atoms with Crippen LogP contribution in [0.15, 0.2) is 36.7 Å². The summed E-state index contributed by atoms with van der Waals surface area (Å²) >= 11 is 0. The van der Waals surface area contributed by atoms with Crippen LogP contribution < -0.4 is 10.6 Å². The zero-order chi connectivity index (χ0) is 14.6. The number of nitrogens with zero attached hydrogens (tertiary/aromatic N) is 2. The fourth-order valence-electron chi connectivity index (χ4n) is 1.59. The highest BCUT2D eigenvalue weighted by Gasteiger charge is 2.29. The first-order valence-corrected chi connectivity index (χ1v) is 5.99. The van der Waals surface area contributed by atoms with Crippen LogP contribution in [0.25, 0.3) is 0 Å². The maximum atomic E-state index is 12.4. The number of aromatic nitrogens is 2. The Labute approximate surface area is 114 Å². The van der Waals surface area contributed by atoms with Gasteiger partial charge in [0, 0.05) is 18.3 Å². The predicted octanol–water partition coefficient (Wildman–Crippen LogP) is 3.67. The van der Waals surface area contributed by atoms with Gasteiger partial charge in [-0.3, -0.25) is 0 Å². The van der Waals surface area contributed by atoms with E-state index in [0.29, 0.717) is 17.3 Å². The molecule has 0 saturated heterocycles. The minimum Gasteiger partial charge on any atom is -0.370 e. The average Bonchev–Trinajstić information content (AvgIpc) is 2.39. The van der Waals surface area contributed by atoms with Crippen molar-refractivity contribution in [1.29, 1.82) is 0 Å². The molecule has 0 atom stereocenters. The number of rotatable bonds is 4. The second-order valence-electron chi connectivity index (χ2n) is 4.02. The monoisotopic (exact) mass is 282 g/mol. The van der Waals surface area contributed by atoms with E-state index in [1.165, 1.54) is 18.5 Å². The van der Waals surface area contributed by atoms with E-state index in [1.807, 2.05) is 6.92 Å². The highest BCUT2D eigenvalue weighted by molar-refractivity contribution is 5.59. The van der Waals surface area contributed by atoms with Crippen LogP contribution in [0.1, 0.15) is 12.5 Å². The Morgan fingerprint density at radius 1 is 1.05 bits per heavy atom. The molecule has 0 aliphatic heterocycles. The van der Waals surface area contributed by atoms with Crippen molar-refractivity contribution >= 4 is 17.3 Å². The standard InChI is InChI=1S/C13H13F3N4/c1-2-17-11-7-12(19-8-18-11)20-10-5-3-9(4-6-10)13(14,15)16/h3-8H,2H2,1H3,(H2,17,18,19,20). The summed E-state index contributed by atoms with van der Waals surface area (Å²) in [7, 11) is 0. The van der Waals surface area contributed by atoms with Crippen LogP contribution >= 0.6 is 0 Å². The summed E-state index contributed by atoms with van der Waals surface area (Å²) in [4.78, 5) is 8.01. The Morgan fingerprint density at radius 3 is 2.30 bits per heavy atom. The topological polar surface area (TPSA) is 49.8 Å². The predicted molar refractivity (Wildman–Crippen MR) is 70.9 cm³/mol. The van der Waals surface area contributed by atoms with Gasteiger partial charge >= 0.3 is 6.18 Å². The molecule has 4 nitrogen and oxygen atoms in total. The van der Waals surface area contributed by atoms with Crippen LogP contribution in [0.3, 0.4) is 0 Å². The normalized spacial score (nSPS) is 11.2. The van der Waals surface area contributed by atoms with Crippen LogP contribution in [-0.2, 0) is 6.18 Å². The summed E-state index contributed by atoms with van der Waals surface area (Å²) < 4.78 is 37.3. The van der Waals surface area contributed by atoms with E-state index in [9.17, 15) is 13.2 Å². The Balaban J connectivity index is 2.12. The van der Waals surface area contributed by atoms with E-state index < -0.39 is 11.7 Å². The molecular formula is C13H13F3N4. The lowest BCUT2D eigenvalue weighted by atomic mass is 10.2. The summed E-state index contributed by atoms with van der Waals surface area (Å²) in [6.07, 6.45) is -2.95. The van der Waals surface area contributed by atoms with Gasteiger partial charge in [-0.2, -0.15) is 13.2 Å². The molecule has 2 aromatic rings. The van der Waals surface area contributed by atoms with Gasteiger partial charge in [0.05, 0.1) is 5.56 Å². The molecule has 0 aliphatic carbocycles. The van der Waals surface area contributed by atoms with Gasteiger partial charge in [-0.1, -0.05) is 0 Å². The molecule has 2 N–H and O–H groups in total. The van der Waals surface area contributed by atoms with Gasteiger partial charge in [-0.15, -0.1) is 0 Å². The highest BCUT2D eigenvalue weighted by Crippen LogP contribution is 2.30. The summed E-state index contributed by atoms with van der Waals surface area (Å²) in [6, 6.07) is 6.44. The van der Waals surface area contributed by atoms with Crippen molar-refractivity contribution in [3.63, 3.8) is 0 Å². The third-order valence-electron chi connectivity index (χ3n) is 2.51. The van der Waals surface area contributed by atoms with Gasteiger partial charge in [0.2, 0.25) is 0 Å². The molecule has 7 heteroatoms. The van der Waals surface area contributed by atoms with Gasteiger partial charge in [-0.25, -0.2) is 9.97 Å². The maximum Gasteiger partial charge on any atom is 0.416 e. The van der Waals surface area contributed by atoms with Gasteiger partial charge in [-0.05, 0) is 31.2 Å². The molecule has 1 heterocycles. The van der Waals surface area contributed by atoms with Crippen LogP contribution in [0.4, 0.5) is 30.5 Å². The molecule has 0 bridgehead atoms. The van der Waals surface area contributed by atoms with Crippen LogP contribution in [-0.4, -0.2) is 16.5 Å². The van der Waals surface area contributed by atoms with Gasteiger partial charge in [0.25, 0.3) is 0 Å². The summed E-state index contributed by atoms with van der Waals surface area (Å²) in [6.45, 7) is 2.65. The SMILES string of the molecule is CCNc1cc(Nc2ccc(C(F)(F)F)cc2)ncn1. The molecule has 1 aromatic carbocycles. The molecule has 0 saturated carbocycles. The van der Waals surface area contributed by atoms with E-state index in [0.717, 1.165) is 18.7 Å². The maximum absolute atomic E-state index is 12.4. The van der Waals surface area contributed by atoms with Crippen molar-refractivity contribution in [2.75, 3.05) is 17.2 Å². The Morgan fingerprint density at radius 2 is 1.70 bits per heavy atom. The van der Waals surface area contributed by atoms with E-state index >= 15 is 0 Å². The Kier molecular flexibility index (Phi) is 4.07. The lowest BCUT2D eigenvalue weighted by Crippen LogP contribution is -2.05. The number of alkyl halides is 3. The Hall–Kier alpha value is -2.31. The summed E-state index contributed by atoms with van der Waals surface area (Å²) in [5.41, 5.74) is -0.154. The van der Waals surface area contributed by atoms with Gasteiger partial charge in [0.1, 0.15) is 18.0 Å². The van der Waals surface area contributed by atoms with E-state index in [1.54, 1.807) is 6.07 Å². The third-order valence-corrected chi connectivity index (χ3v) is 2.51. The minimum atomic E-state index is -4.33. The molecule has 0 radical (unpaired) electrons. The Bertz CT molecular complexity index is 567. The van der Waals surface area contributed by atoms with Crippen LogP contribution in [0.5, 0.6) is 0 Å². The third kappa shape index (κ3) is 3.59. The molecule has 20 heavy (non-hydrogen) atoms. The van der Waals surface area contributed by atoms with E-state index in [-0.39, 0.29) is 0 Å². The van der Waals surface area contributed by atoms with Crippen molar-refractivity contribution < 1.29 is 13.2 Å². The molecule has 0 spiro atoms. The average molecular weight is 282 g/mol. The number of anilines is 3. The summed E-state index contributed by atoms with van der Waals surface area (Å²) in [5, 5.41) is 5.95. The largest absolute Gasteiger partial charge is 0.416 e. The van der Waals surface area contributed by atoms with Crippen molar-refractivity contribution in [3.05, 3.63) is 42.2 Å². The fraction of sp³-hybridized carbons (Fsp3) is 0.231. The number of hydrogen-bond donors (Lipinski definition) is 2. The molecule has 2 rings (SSSR count). The molecule has 0 amide bonds. The molecule has 0 unspecified atom stereocenters. The zero-order valence-electron chi connectivity index (χ0n) is 10.7. The molecule has 1 aromatic heterocycles.